The Morgan fingerprint density at radius 2 is 0.828 bits per heavy atom. The van der Waals surface area contributed by atoms with E-state index >= 15 is 0 Å². The molecule has 11 aromatic carbocycles. The van der Waals surface area contributed by atoms with Crippen LogP contribution in [0, 0.1) is 0 Å². The number of nitrogens with zero attached hydrogens (tertiary/aromatic N) is 2. The lowest BCUT2D eigenvalue weighted by Crippen LogP contribution is -1.96. The quantitative estimate of drug-likeness (QED) is 0.164. The molecule has 0 saturated heterocycles. The molecule has 2 heteroatoms. The van der Waals surface area contributed by atoms with Crippen molar-refractivity contribution in [3.8, 4) is 67.0 Å². The van der Waals surface area contributed by atoms with E-state index in [0.717, 1.165) is 11.4 Å². The van der Waals surface area contributed by atoms with E-state index in [1.165, 1.54) is 121 Å². The van der Waals surface area contributed by atoms with E-state index in [2.05, 4.69) is 240 Å². The second kappa shape index (κ2) is 13.5. The highest BCUT2D eigenvalue weighted by atomic mass is 15.0. The van der Waals surface area contributed by atoms with Crippen molar-refractivity contribution >= 4 is 65.2 Å². The van der Waals surface area contributed by atoms with Gasteiger partial charge < -0.3 is 9.13 Å². The second-order valence-corrected chi connectivity index (χ2v) is 17.2. The largest absolute Gasteiger partial charge is 0.309 e. The van der Waals surface area contributed by atoms with Gasteiger partial charge in [0, 0.05) is 38.3 Å². The van der Waals surface area contributed by atoms with Gasteiger partial charge in [-0.3, -0.25) is 0 Å². The Bertz CT molecular complexity index is 4060. The highest BCUT2D eigenvalue weighted by Gasteiger charge is 2.23. The summed E-state index contributed by atoms with van der Waals surface area (Å²) in [7, 11) is 0. The first-order valence-electron chi connectivity index (χ1n) is 22.2. The Kier molecular flexibility index (Phi) is 7.43. The number of fused-ring (bicyclic) bond motifs is 11. The molecule has 1 aliphatic rings. The zero-order chi connectivity index (χ0) is 41.9. The van der Waals surface area contributed by atoms with Crippen molar-refractivity contribution in [2.45, 2.75) is 0 Å². The average molecular weight is 811 g/mol. The van der Waals surface area contributed by atoms with Crippen LogP contribution in [0.2, 0.25) is 0 Å². The van der Waals surface area contributed by atoms with Gasteiger partial charge in [0.2, 0.25) is 0 Å². The number of para-hydroxylation sites is 2. The molecule has 0 unspecified atom stereocenters. The molecule has 0 radical (unpaired) electrons. The maximum atomic E-state index is 2.49. The van der Waals surface area contributed by atoms with Crippen LogP contribution in [0.25, 0.3) is 132 Å². The summed E-state index contributed by atoms with van der Waals surface area (Å²) < 4.78 is 4.90. The van der Waals surface area contributed by atoms with Crippen LogP contribution in [0.3, 0.4) is 0 Å². The van der Waals surface area contributed by atoms with Gasteiger partial charge in [-0.1, -0.05) is 176 Å². The van der Waals surface area contributed by atoms with Gasteiger partial charge in [-0.15, -0.1) is 0 Å². The lowest BCUT2D eigenvalue weighted by molar-refractivity contribution is 1.18. The van der Waals surface area contributed by atoms with Gasteiger partial charge >= 0.3 is 0 Å². The van der Waals surface area contributed by atoms with Crippen LogP contribution < -0.4 is 0 Å². The fourth-order valence-corrected chi connectivity index (χ4v) is 11.0. The van der Waals surface area contributed by atoms with Crippen molar-refractivity contribution < 1.29 is 0 Å². The molecule has 0 spiro atoms. The third-order valence-corrected chi connectivity index (χ3v) is 13.8. The minimum absolute atomic E-state index is 1.14. The molecule has 1 aliphatic carbocycles. The first-order valence-corrected chi connectivity index (χ1v) is 22.2. The fourth-order valence-electron chi connectivity index (χ4n) is 11.0. The smallest absolute Gasteiger partial charge is 0.0619 e. The van der Waals surface area contributed by atoms with Crippen molar-refractivity contribution in [1.29, 1.82) is 0 Å². The Balaban J connectivity index is 0.933. The summed E-state index contributed by atoms with van der Waals surface area (Å²) in [5, 5.41) is 10.1. The fraction of sp³-hybridized carbons (Fsp3) is 0. The van der Waals surface area contributed by atoms with Gasteiger partial charge in [0.25, 0.3) is 0 Å². The summed E-state index contributed by atoms with van der Waals surface area (Å²) in [4.78, 5) is 0. The molecule has 64 heavy (non-hydrogen) atoms. The minimum atomic E-state index is 1.14. The third kappa shape index (κ3) is 5.08. The van der Waals surface area contributed by atoms with Gasteiger partial charge in [-0.05, 0) is 126 Å². The summed E-state index contributed by atoms with van der Waals surface area (Å²) in [6.45, 7) is 0. The summed E-state index contributed by atoms with van der Waals surface area (Å²) in [6.07, 6.45) is 0. The molecule has 2 heterocycles. The molecule has 2 nitrogen and oxygen atoms in total. The molecule has 0 N–H and O–H groups in total. The highest BCUT2D eigenvalue weighted by Crippen LogP contribution is 2.49. The SMILES string of the molecule is c1ccc(-n2c3ccccc3c3ccc(-c4ccc5c(c4)c4ccc6ccccc6c4n5-c4cccc(-c5ccccc5-c5ccc6c(c5)-c5cccc7cccc-6c57)c4)cc32)cc1. The van der Waals surface area contributed by atoms with E-state index in [1.807, 2.05) is 0 Å². The Morgan fingerprint density at radius 3 is 1.69 bits per heavy atom. The molecular weight excluding hydrogens is 773 g/mol. The van der Waals surface area contributed by atoms with Crippen LogP contribution in [-0.4, -0.2) is 9.13 Å². The first kappa shape index (κ1) is 35.2. The van der Waals surface area contributed by atoms with E-state index in [4.69, 9.17) is 0 Å². The summed E-state index contributed by atoms with van der Waals surface area (Å²) in [5.74, 6) is 0. The molecule has 0 fully saturated rings. The maximum absolute atomic E-state index is 2.49. The molecular formula is C62H38N2. The zero-order valence-electron chi connectivity index (χ0n) is 34.8. The molecule has 296 valence electrons. The highest BCUT2D eigenvalue weighted by molar-refractivity contribution is 6.20. The molecule has 14 rings (SSSR count). The molecule has 0 bridgehead atoms. The molecule has 0 aliphatic heterocycles. The monoisotopic (exact) mass is 810 g/mol. The Morgan fingerprint density at radius 1 is 0.234 bits per heavy atom. The van der Waals surface area contributed by atoms with Crippen LogP contribution >= 0.6 is 0 Å². The van der Waals surface area contributed by atoms with E-state index in [-0.39, 0.29) is 0 Å². The van der Waals surface area contributed by atoms with E-state index in [9.17, 15) is 0 Å². The predicted octanol–water partition coefficient (Wildman–Crippen LogP) is 16.8. The number of aromatic nitrogens is 2. The number of hydrogen-bond acceptors (Lipinski definition) is 0. The third-order valence-electron chi connectivity index (χ3n) is 13.8. The second-order valence-electron chi connectivity index (χ2n) is 17.2. The van der Waals surface area contributed by atoms with Crippen LogP contribution in [0.5, 0.6) is 0 Å². The van der Waals surface area contributed by atoms with Crippen LogP contribution in [-0.2, 0) is 0 Å². The Hall–Kier alpha value is -8.46. The van der Waals surface area contributed by atoms with E-state index in [0.29, 0.717) is 0 Å². The Labute approximate surface area is 370 Å². The van der Waals surface area contributed by atoms with Crippen LogP contribution in [0.1, 0.15) is 0 Å². The minimum Gasteiger partial charge on any atom is -0.309 e. The van der Waals surface area contributed by atoms with Crippen molar-refractivity contribution in [2.75, 3.05) is 0 Å². The van der Waals surface area contributed by atoms with Gasteiger partial charge in [0.1, 0.15) is 0 Å². The number of benzene rings is 11. The molecule has 0 amide bonds. The standard InChI is InChI=1S/C62H38N2/c1-2-17-45(18-3-1)63-58-26-9-8-23-51(58)52-32-28-42(38-60(52)63)41-30-34-59-57(36-41)55-33-27-39-13-4-5-22-49(39)62(55)64(59)46-19-10-16-43(35-46)47-20-6-7-21-48(47)44-29-31-50-53-24-11-14-40-15-12-25-54(61(40)53)56(50)37-44/h1-38H. The topological polar surface area (TPSA) is 9.86 Å². The summed E-state index contributed by atoms with van der Waals surface area (Å²) >= 11 is 0. The van der Waals surface area contributed by atoms with Crippen molar-refractivity contribution in [3.05, 3.63) is 231 Å². The summed E-state index contributed by atoms with van der Waals surface area (Å²) in [6, 6.07) is 85.3. The van der Waals surface area contributed by atoms with Gasteiger partial charge in [-0.2, -0.15) is 0 Å². The molecule has 2 aromatic heterocycles. The predicted molar refractivity (Wildman–Crippen MR) is 271 cm³/mol. The van der Waals surface area contributed by atoms with Gasteiger partial charge in [0.05, 0.1) is 22.1 Å². The van der Waals surface area contributed by atoms with Crippen molar-refractivity contribution in [2.24, 2.45) is 0 Å². The van der Waals surface area contributed by atoms with Crippen molar-refractivity contribution in [1.82, 2.24) is 9.13 Å². The maximum Gasteiger partial charge on any atom is 0.0619 e. The molecule has 13 aromatic rings. The average Bonchev–Trinajstić information content (AvgIpc) is 4.00. The van der Waals surface area contributed by atoms with Crippen molar-refractivity contribution in [3.63, 3.8) is 0 Å². The zero-order valence-corrected chi connectivity index (χ0v) is 34.8. The van der Waals surface area contributed by atoms with Crippen LogP contribution in [0.4, 0.5) is 0 Å². The van der Waals surface area contributed by atoms with E-state index < -0.39 is 0 Å². The van der Waals surface area contributed by atoms with Crippen LogP contribution in [0.15, 0.2) is 231 Å². The van der Waals surface area contributed by atoms with E-state index in [1.54, 1.807) is 0 Å². The number of rotatable bonds is 5. The summed E-state index contributed by atoms with van der Waals surface area (Å²) in [5.41, 5.74) is 19.7. The number of hydrogen-bond donors (Lipinski definition) is 0. The molecule has 0 atom stereocenters. The van der Waals surface area contributed by atoms with Gasteiger partial charge in [0.15, 0.2) is 0 Å². The lowest BCUT2D eigenvalue weighted by atomic mass is 9.91. The molecule has 0 saturated carbocycles. The lowest BCUT2D eigenvalue weighted by Gasteiger charge is -2.15. The first-order chi connectivity index (χ1) is 31.7. The van der Waals surface area contributed by atoms with Gasteiger partial charge in [-0.25, -0.2) is 0 Å². The normalized spacial score (nSPS) is 12.1.